The normalized spacial score (nSPS) is 24.8. The number of allylic oxidation sites excluding steroid dienone is 3. The predicted molar refractivity (Wildman–Crippen MR) is 79.6 cm³/mol. The molecule has 1 heterocycles. The van der Waals surface area contributed by atoms with E-state index < -0.39 is 5.41 Å². The van der Waals surface area contributed by atoms with E-state index in [4.69, 9.17) is 4.74 Å². The Labute approximate surface area is 124 Å². The van der Waals surface area contributed by atoms with E-state index in [1.165, 1.54) is 5.56 Å². The molecule has 0 radical (unpaired) electrons. The number of carbonyl (C=O) groups excluding carboxylic acids is 2. The molecular weight excluding hydrogens is 264 g/mol. The van der Waals surface area contributed by atoms with Crippen molar-refractivity contribution < 1.29 is 14.3 Å². The Hall–Kier alpha value is -2.16. The van der Waals surface area contributed by atoms with Gasteiger partial charge >= 0.3 is 5.97 Å². The number of ether oxygens (including phenoxy) is 1. The Kier molecular flexibility index (Phi) is 3.28. The number of Topliss-reactive ketones (excluding diaryl/α,β-unsaturated/α-hetero) is 1. The van der Waals surface area contributed by atoms with Crippen LogP contribution in [0.25, 0.3) is 0 Å². The molecular formula is C18H18O3. The molecule has 3 rings (SSSR count). The Bertz CT molecular complexity index is 654. The van der Waals surface area contributed by atoms with E-state index in [0.717, 1.165) is 23.1 Å². The van der Waals surface area contributed by atoms with Crippen molar-refractivity contribution in [3.05, 3.63) is 59.2 Å². The number of carbonyl (C=O) groups is 2. The molecule has 1 unspecified atom stereocenters. The number of hydrogen-bond acceptors (Lipinski definition) is 3. The third-order valence-electron chi connectivity index (χ3n) is 4.29. The summed E-state index contributed by atoms with van der Waals surface area (Å²) in [7, 11) is 0. The van der Waals surface area contributed by atoms with Gasteiger partial charge in [-0.25, -0.2) is 0 Å². The smallest absolute Gasteiger partial charge is 0.306 e. The zero-order valence-corrected chi connectivity index (χ0v) is 12.1. The van der Waals surface area contributed by atoms with Crippen molar-refractivity contribution in [2.24, 2.45) is 5.41 Å². The number of hydrogen-bond donors (Lipinski definition) is 0. The van der Waals surface area contributed by atoms with Gasteiger partial charge in [-0.2, -0.15) is 0 Å². The summed E-state index contributed by atoms with van der Waals surface area (Å²) in [5, 5.41) is 0. The summed E-state index contributed by atoms with van der Waals surface area (Å²) in [6.45, 7) is 6.01. The first-order valence-corrected chi connectivity index (χ1v) is 7.14. The molecule has 0 amide bonds. The molecule has 0 saturated carbocycles. The zero-order valence-electron chi connectivity index (χ0n) is 12.1. The molecule has 0 aromatic heterocycles. The monoisotopic (exact) mass is 282 g/mol. The van der Waals surface area contributed by atoms with Gasteiger partial charge in [-0.15, -0.1) is 0 Å². The number of cyclic esters (lactones) is 1. The summed E-state index contributed by atoms with van der Waals surface area (Å²) in [4.78, 5) is 24.2. The van der Waals surface area contributed by atoms with Crippen molar-refractivity contribution in [3.63, 3.8) is 0 Å². The molecule has 21 heavy (non-hydrogen) atoms. The lowest BCUT2D eigenvalue weighted by atomic mass is 9.81. The summed E-state index contributed by atoms with van der Waals surface area (Å²) in [5.41, 5.74) is 3.08. The fraction of sp³-hybridized carbons (Fsp3) is 0.333. The van der Waals surface area contributed by atoms with E-state index in [1.54, 1.807) is 0 Å². The number of ketones is 1. The molecule has 1 fully saturated rings. The van der Waals surface area contributed by atoms with Crippen LogP contribution in [0, 0.1) is 5.41 Å². The largest absolute Gasteiger partial charge is 0.465 e. The third kappa shape index (κ3) is 2.33. The van der Waals surface area contributed by atoms with Crippen molar-refractivity contribution in [1.82, 2.24) is 0 Å². The molecule has 1 aromatic carbocycles. The van der Waals surface area contributed by atoms with Gasteiger partial charge in [0.15, 0.2) is 5.78 Å². The Morgan fingerprint density at radius 1 is 1.24 bits per heavy atom. The second-order valence-electron chi connectivity index (χ2n) is 6.04. The summed E-state index contributed by atoms with van der Waals surface area (Å²) in [6, 6.07) is 10.1. The average molecular weight is 282 g/mol. The van der Waals surface area contributed by atoms with Crippen LogP contribution < -0.4 is 0 Å². The lowest BCUT2D eigenvalue weighted by molar-refractivity contribution is -0.137. The standard InChI is InChI=1S/C18H18O3/c1-12(2)16-14(8-13-6-4-3-5-7-13)9-18(17(16)20)10-15(19)21-11-18/h3-7H,1,8-11H2,2H3. The van der Waals surface area contributed by atoms with Gasteiger partial charge in [-0.1, -0.05) is 42.5 Å². The van der Waals surface area contributed by atoms with E-state index in [-0.39, 0.29) is 24.8 Å². The molecule has 1 saturated heterocycles. The van der Waals surface area contributed by atoms with Gasteiger partial charge < -0.3 is 4.74 Å². The first-order valence-electron chi connectivity index (χ1n) is 7.14. The lowest BCUT2D eigenvalue weighted by Crippen LogP contribution is -2.28. The minimum Gasteiger partial charge on any atom is -0.465 e. The molecule has 1 aliphatic carbocycles. The lowest BCUT2D eigenvalue weighted by Gasteiger charge is -2.17. The highest BCUT2D eigenvalue weighted by atomic mass is 16.5. The summed E-state index contributed by atoms with van der Waals surface area (Å²) in [5.74, 6) is -0.239. The average Bonchev–Trinajstić information content (AvgIpc) is 2.93. The molecule has 1 atom stereocenters. The van der Waals surface area contributed by atoms with Crippen LogP contribution in [0.4, 0.5) is 0 Å². The molecule has 3 heteroatoms. The number of rotatable bonds is 3. The van der Waals surface area contributed by atoms with Crippen LogP contribution in [0.3, 0.4) is 0 Å². The van der Waals surface area contributed by atoms with Gasteiger partial charge in [0.2, 0.25) is 0 Å². The Morgan fingerprint density at radius 3 is 2.52 bits per heavy atom. The summed E-state index contributed by atoms with van der Waals surface area (Å²) in [6.07, 6.45) is 1.53. The second-order valence-corrected chi connectivity index (χ2v) is 6.04. The Balaban J connectivity index is 1.94. The van der Waals surface area contributed by atoms with E-state index in [9.17, 15) is 9.59 Å². The van der Waals surface area contributed by atoms with Gasteiger partial charge in [0, 0.05) is 5.57 Å². The maximum atomic E-state index is 12.8. The third-order valence-corrected chi connectivity index (χ3v) is 4.29. The van der Waals surface area contributed by atoms with Gasteiger partial charge in [0.05, 0.1) is 11.8 Å². The van der Waals surface area contributed by atoms with Crippen LogP contribution in [0.1, 0.15) is 25.3 Å². The van der Waals surface area contributed by atoms with Crippen molar-refractivity contribution >= 4 is 11.8 Å². The maximum absolute atomic E-state index is 12.8. The Morgan fingerprint density at radius 2 is 1.95 bits per heavy atom. The number of benzene rings is 1. The fourth-order valence-corrected chi connectivity index (χ4v) is 3.35. The quantitative estimate of drug-likeness (QED) is 0.800. The van der Waals surface area contributed by atoms with Gasteiger partial charge in [-0.3, -0.25) is 9.59 Å². The maximum Gasteiger partial charge on any atom is 0.306 e. The SMILES string of the molecule is C=C(C)C1=C(Cc2ccccc2)CC2(COC(=O)C2)C1=O. The van der Waals surface area contributed by atoms with E-state index in [1.807, 2.05) is 25.1 Å². The van der Waals surface area contributed by atoms with Crippen LogP contribution in [0.2, 0.25) is 0 Å². The molecule has 1 spiro atoms. The topological polar surface area (TPSA) is 43.4 Å². The van der Waals surface area contributed by atoms with Crippen molar-refractivity contribution in [2.45, 2.75) is 26.2 Å². The van der Waals surface area contributed by atoms with E-state index in [2.05, 4.69) is 18.7 Å². The van der Waals surface area contributed by atoms with Crippen molar-refractivity contribution in [3.8, 4) is 0 Å². The molecule has 1 aliphatic heterocycles. The van der Waals surface area contributed by atoms with Gasteiger partial charge in [-0.05, 0) is 30.9 Å². The molecule has 108 valence electrons. The van der Waals surface area contributed by atoms with Gasteiger partial charge in [0.25, 0.3) is 0 Å². The van der Waals surface area contributed by atoms with Gasteiger partial charge in [0.1, 0.15) is 6.61 Å². The minimum absolute atomic E-state index is 0.0341. The van der Waals surface area contributed by atoms with Crippen LogP contribution in [-0.2, 0) is 20.7 Å². The molecule has 1 aromatic rings. The summed E-state index contributed by atoms with van der Waals surface area (Å²) >= 11 is 0. The van der Waals surface area contributed by atoms with E-state index in [0.29, 0.717) is 6.42 Å². The van der Waals surface area contributed by atoms with Crippen LogP contribution >= 0.6 is 0 Å². The van der Waals surface area contributed by atoms with E-state index >= 15 is 0 Å². The van der Waals surface area contributed by atoms with Crippen molar-refractivity contribution in [2.75, 3.05) is 6.61 Å². The highest BCUT2D eigenvalue weighted by Gasteiger charge is 2.52. The fourth-order valence-electron chi connectivity index (χ4n) is 3.35. The van der Waals surface area contributed by atoms with Crippen molar-refractivity contribution in [1.29, 1.82) is 0 Å². The highest BCUT2D eigenvalue weighted by Crippen LogP contribution is 2.47. The second kappa shape index (κ2) is 4.99. The molecule has 0 bridgehead atoms. The zero-order chi connectivity index (χ0) is 15.0. The number of esters is 1. The highest BCUT2D eigenvalue weighted by molar-refractivity contribution is 6.09. The minimum atomic E-state index is -0.671. The summed E-state index contributed by atoms with van der Waals surface area (Å²) < 4.78 is 5.07. The predicted octanol–water partition coefficient (Wildman–Crippen LogP) is 3.01. The first kappa shape index (κ1) is 13.8. The molecule has 0 N–H and O–H groups in total. The molecule has 3 nitrogen and oxygen atoms in total. The first-order chi connectivity index (χ1) is 10.0. The molecule has 2 aliphatic rings. The van der Waals surface area contributed by atoms with Crippen LogP contribution in [-0.4, -0.2) is 18.4 Å². The van der Waals surface area contributed by atoms with Crippen LogP contribution in [0.15, 0.2) is 53.6 Å². The van der Waals surface area contributed by atoms with Crippen LogP contribution in [0.5, 0.6) is 0 Å².